The molecule has 0 atom stereocenters. The first-order chi connectivity index (χ1) is 16.7. The standard InChI is InChI=1S/C22H19Cl2N5O4S2/c23-17-12-15(27-22(31)28-35(32,33)20-6-5-19(24)34-20)2-4-18(17)29-10-7-13-11-14(26-9-8-25)1-3-16(13)21(29)30/h1-7,10-12,26H,8-9,25H2,(H2,27,28,31). The van der Waals surface area contributed by atoms with Crippen LogP contribution in [0.3, 0.4) is 0 Å². The van der Waals surface area contributed by atoms with Gasteiger partial charge in [-0.25, -0.2) is 17.9 Å². The summed E-state index contributed by atoms with van der Waals surface area (Å²) in [7, 11) is -4.07. The second-order valence-electron chi connectivity index (χ2n) is 7.29. The first kappa shape index (κ1) is 25.0. The SMILES string of the molecule is NCCNc1ccc2c(=O)n(-c3ccc(NC(=O)NS(=O)(=O)c4ccc(Cl)s4)cc3Cl)ccc2c1. The lowest BCUT2D eigenvalue weighted by Crippen LogP contribution is -2.33. The van der Waals surface area contributed by atoms with E-state index in [0.29, 0.717) is 24.2 Å². The van der Waals surface area contributed by atoms with Gasteiger partial charge in [-0.05, 0) is 60.0 Å². The van der Waals surface area contributed by atoms with E-state index < -0.39 is 16.1 Å². The maximum atomic E-state index is 13.1. The lowest BCUT2D eigenvalue weighted by atomic mass is 10.1. The molecule has 5 N–H and O–H groups in total. The largest absolute Gasteiger partial charge is 0.384 e. The van der Waals surface area contributed by atoms with Crippen LogP contribution in [-0.4, -0.2) is 32.1 Å². The second-order valence-corrected chi connectivity index (χ2v) is 11.3. The topological polar surface area (TPSA) is 135 Å². The highest BCUT2D eigenvalue weighted by atomic mass is 35.5. The third-order valence-electron chi connectivity index (χ3n) is 4.88. The van der Waals surface area contributed by atoms with Gasteiger partial charge < -0.3 is 16.4 Å². The number of nitrogens with two attached hydrogens (primary N) is 1. The van der Waals surface area contributed by atoms with Crippen LogP contribution < -0.4 is 26.6 Å². The fourth-order valence-corrected chi connectivity index (χ4v) is 5.98. The van der Waals surface area contributed by atoms with E-state index in [-0.39, 0.29) is 24.8 Å². The Labute approximate surface area is 214 Å². The molecule has 4 aromatic rings. The highest BCUT2D eigenvalue weighted by Crippen LogP contribution is 2.27. The van der Waals surface area contributed by atoms with Gasteiger partial charge in [0.25, 0.3) is 15.6 Å². The summed E-state index contributed by atoms with van der Waals surface area (Å²) in [5.74, 6) is 0. The van der Waals surface area contributed by atoms with Gasteiger partial charge in [0.2, 0.25) is 0 Å². The number of hydrogen-bond acceptors (Lipinski definition) is 7. The van der Waals surface area contributed by atoms with Gasteiger partial charge in [-0.2, -0.15) is 0 Å². The summed E-state index contributed by atoms with van der Waals surface area (Å²) in [5, 5.41) is 7.02. The maximum Gasteiger partial charge on any atom is 0.333 e. The van der Waals surface area contributed by atoms with Crippen molar-refractivity contribution in [3.63, 3.8) is 0 Å². The van der Waals surface area contributed by atoms with Gasteiger partial charge in [-0.1, -0.05) is 23.2 Å². The molecule has 2 aromatic heterocycles. The van der Waals surface area contributed by atoms with Crippen LogP contribution in [0.2, 0.25) is 9.36 Å². The molecule has 0 fully saturated rings. The van der Waals surface area contributed by atoms with Crippen LogP contribution in [-0.2, 0) is 10.0 Å². The number of rotatable bonds is 7. The number of benzene rings is 2. The molecule has 9 nitrogen and oxygen atoms in total. The van der Waals surface area contributed by atoms with Crippen molar-refractivity contribution in [2.75, 3.05) is 23.7 Å². The molecule has 0 saturated carbocycles. The normalized spacial score (nSPS) is 11.4. The molecule has 0 bridgehead atoms. The Morgan fingerprint density at radius 2 is 1.80 bits per heavy atom. The summed E-state index contributed by atoms with van der Waals surface area (Å²) >= 11 is 13.0. The molecule has 0 aliphatic heterocycles. The summed E-state index contributed by atoms with van der Waals surface area (Å²) in [6.07, 6.45) is 1.61. The van der Waals surface area contributed by atoms with E-state index in [2.05, 4.69) is 10.6 Å². The molecule has 2 aromatic carbocycles. The zero-order chi connectivity index (χ0) is 25.2. The first-order valence-corrected chi connectivity index (χ1v) is 13.2. The lowest BCUT2D eigenvalue weighted by Gasteiger charge is -2.13. The molecular weight excluding hydrogens is 533 g/mol. The van der Waals surface area contributed by atoms with E-state index in [4.69, 9.17) is 28.9 Å². The van der Waals surface area contributed by atoms with Gasteiger partial charge in [-0.15, -0.1) is 11.3 Å². The summed E-state index contributed by atoms with van der Waals surface area (Å²) in [5.41, 5.74) is 6.74. The Hall–Kier alpha value is -3.09. The number of aromatic nitrogens is 1. The Balaban J connectivity index is 1.54. The number of nitrogens with zero attached hydrogens (tertiary/aromatic N) is 1. The van der Waals surface area contributed by atoms with Gasteiger partial charge in [0.15, 0.2) is 0 Å². The lowest BCUT2D eigenvalue weighted by molar-refractivity contribution is 0.256. The Kier molecular flexibility index (Phi) is 7.33. The zero-order valence-corrected chi connectivity index (χ0v) is 21.1. The van der Waals surface area contributed by atoms with Crippen LogP contribution in [0.4, 0.5) is 16.2 Å². The minimum Gasteiger partial charge on any atom is -0.384 e. The van der Waals surface area contributed by atoms with Crippen molar-refractivity contribution in [3.05, 3.63) is 80.5 Å². The average Bonchev–Trinajstić information content (AvgIpc) is 3.25. The molecule has 0 spiro atoms. The predicted molar refractivity (Wildman–Crippen MR) is 141 cm³/mol. The Bertz CT molecular complexity index is 1580. The van der Waals surface area contributed by atoms with E-state index in [9.17, 15) is 18.0 Å². The number of anilines is 2. The third kappa shape index (κ3) is 5.60. The summed E-state index contributed by atoms with van der Waals surface area (Å²) in [4.78, 5) is 25.3. The fourth-order valence-electron chi connectivity index (χ4n) is 3.31. The monoisotopic (exact) mass is 551 g/mol. The molecule has 0 aliphatic carbocycles. The van der Waals surface area contributed by atoms with Crippen LogP contribution >= 0.6 is 34.5 Å². The highest BCUT2D eigenvalue weighted by Gasteiger charge is 2.20. The fraction of sp³-hybridized carbons (Fsp3) is 0.0909. The number of halogens is 2. The predicted octanol–water partition coefficient (Wildman–Crippen LogP) is 4.24. The van der Waals surface area contributed by atoms with Crippen molar-refractivity contribution in [1.82, 2.24) is 9.29 Å². The van der Waals surface area contributed by atoms with Crippen LogP contribution in [0.25, 0.3) is 16.5 Å². The van der Waals surface area contributed by atoms with E-state index in [1.807, 2.05) is 10.8 Å². The molecule has 182 valence electrons. The van der Waals surface area contributed by atoms with Crippen LogP contribution in [0, 0.1) is 0 Å². The number of urea groups is 1. The summed E-state index contributed by atoms with van der Waals surface area (Å²) < 4.78 is 28.0. The van der Waals surface area contributed by atoms with Crippen LogP contribution in [0.1, 0.15) is 0 Å². The van der Waals surface area contributed by atoms with E-state index >= 15 is 0 Å². The van der Waals surface area contributed by atoms with Gasteiger partial charge in [0.1, 0.15) is 4.21 Å². The van der Waals surface area contributed by atoms with Gasteiger partial charge in [-0.3, -0.25) is 9.36 Å². The third-order valence-corrected chi connectivity index (χ3v) is 8.24. The number of fused-ring (bicyclic) bond motifs is 1. The number of sulfonamides is 1. The summed E-state index contributed by atoms with van der Waals surface area (Å²) in [6.45, 7) is 1.11. The van der Waals surface area contributed by atoms with Crippen molar-refractivity contribution >= 4 is 72.7 Å². The number of thiophene rings is 1. The first-order valence-electron chi connectivity index (χ1n) is 10.2. The number of amides is 2. The second kappa shape index (κ2) is 10.3. The molecule has 0 saturated heterocycles. The highest BCUT2D eigenvalue weighted by molar-refractivity contribution is 7.92. The zero-order valence-electron chi connectivity index (χ0n) is 17.9. The molecule has 2 amide bonds. The molecule has 0 aliphatic rings. The number of carbonyl (C=O) groups excluding carboxylic acids is 1. The quantitative estimate of drug-likeness (QED) is 0.271. The number of hydrogen-bond donors (Lipinski definition) is 4. The molecular formula is C22H19Cl2N5O4S2. The Morgan fingerprint density at radius 1 is 1.03 bits per heavy atom. The van der Waals surface area contributed by atoms with Crippen LogP contribution in [0.5, 0.6) is 0 Å². The van der Waals surface area contributed by atoms with Crippen LogP contribution in [0.15, 0.2) is 69.8 Å². The smallest absolute Gasteiger partial charge is 0.333 e. The van der Waals surface area contributed by atoms with Gasteiger partial charge >= 0.3 is 6.03 Å². The molecule has 13 heteroatoms. The molecule has 4 rings (SSSR count). The molecule has 2 heterocycles. The van der Waals surface area contributed by atoms with Crippen molar-refractivity contribution in [1.29, 1.82) is 0 Å². The molecule has 0 unspecified atom stereocenters. The van der Waals surface area contributed by atoms with Crippen molar-refractivity contribution in [2.24, 2.45) is 5.73 Å². The van der Waals surface area contributed by atoms with Crippen molar-refractivity contribution in [3.8, 4) is 5.69 Å². The average molecular weight is 552 g/mol. The summed E-state index contributed by atoms with van der Waals surface area (Å²) in [6, 6.07) is 13.4. The minimum absolute atomic E-state index is 0.0935. The van der Waals surface area contributed by atoms with E-state index in [1.54, 1.807) is 30.5 Å². The number of pyridine rings is 1. The van der Waals surface area contributed by atoms with Gasteiger partial charge in [0.05, 0.1) is 15.0 Å². The number of carbonyl (C=O) groups is 1. The van der Waals surface area contributed by atoms with Crippen molar-refractivity contribution in [2.45, 2.75) is 4.21 Å². The van der Waals surface area contributed by atoms with E-state index in [1.165, 1.54) is 28.8 Å². The van der Waals surface area contributed by atoms with Crippen molar-refractivity contribution < 1.29 is 13.2 Å². The van der Waals surface area contributed by atoms with E-state index in [0.717, 1.165) is 22.4 Å². The van der Waals surface area contributed by atoms with Gasteiger partial charge in [0, 0.05) is 36.0 Å². The molecule has 0 radical (unpaired) electrons. The maximum absolute atomic E-state index is 13.1. The Morgan fingerprint density at radius 3 is 2.49 bits per heavy atom. The minimum atomic E-state index is -4.07. The molecule has 35 heavy (non-hydrogen) atoms. The number of nitrogens with one attached hydrogen (secondary N) is 3.